The lowest BCUT2D eigenvalue weighted by atomic mass is 9.92. The molecule has 0 radical (unpaired) electrons. The molecule has 2 fully saturated rings. The van der Waals surface area contributed by atoms with Gasteiger partial charge >= 0.3 is 0 Å². The maximum absolute atomic E-state index is 12.6. The number of nitrogens with zero attached hydrogens (tertiary/aromatic N) is 2. The van der Waals surface area contributed by atoms with Gasteiger partial charge in [0.15, 0.2) is 0 Å². The number of amides is 1. The fraction of sp³-hybridized carbons (Fsp3) is 0.368. The van der Waals surface area contributed by atoms with E-state index in [9.17, 15) is 4.79 Å². The van der Waals surface area contributed by atoms with Gasteiger partial charge in [-0.15, -0.1) is 11.8 Å². The molecule has 5 heteroatoms. The van der Waals surface area contributed by atoms with E-state index in [2.05, 4.69) is 4.98 Å². The van der Waals surface area contributed by atoms with Crippen molar-refractivity contribution in [2.45, 2.75) is 24.2 Å². The van der Waals surface area contributed by atoms with Crippen LogP contribution >= 0.6 is 11.8 Å². The van der Waals surface area contributed by atoms with Crippen molar-refractivity contribution in [3.63, 3.8) is 0 Å². The van der Waals surface area contributed by atoms with E-state index in [1.165, 1.54) is 0 Å². The monoisotopic (exact) mass is 340 g/mol. The SMILES string of the molecule is Cc1cccc(C(=O)N2CC3(CC(Oc4cccnc4)CS3)C2)c1. The Morgan fingerprint density at radius 1 is 1.33 bits per heavy atom. The second-order valence-corrected chi connectivity index (χ2v) is 8.15. The van der Waals surface area contributed by atoms with E-state index in [0.717, 1.165) is 42.1 Å². The molecule has 2 aliphatic heterocycles. The second-order valence-electron chi connectivity index (χ2n) is 6.66. The Bertz CT molecular complexity index is 744. The number of benzene rings is 1. The van der Waals surface area contributed by atoms with Crippen LogP contribution in [0.3, 0.4) is 0 Å². The number of carbonyl (C=O) groups is 1. The molecule has 1 aromatic heterocycles. The molecule has 2 aliphatic rings. The quantitative estimate of drug-likeness (QED) is 0.861. The predicted octanol–water partition coefficient (Wildman–Crippen LogP) is 3.17. The van der Waals surface area contributed by atoms with Crippen LogP contribution in [0.15, 0.2) is 48.8 Å². The third-order valence-electron chi connectivity index (χ3n) is 4.62. The summed E-state index contributed by atoms with van der Waals surface area (Å²) in [7, 11) is 0. The van der Waals surface area contributed by atoms with Gasteiger partial charge in [-0.05, 0) is 31.2 Å². The Morgan fingerprint density at radius 3 is 2.96 bits per heavy atom. The lowest BCUT2D eigenvalue weighted by Gasteiger charge is -2.47. The van der Waals surface area contributed by atoms with Crippen LogP contribution in [-0.4, -0.2) is 45.5 Å². The molecule has 4 nitrogen and oxygen atoms in total. The number of ether oxygens (including phenoxy) is 1. The molecule has 1 atom stereocenters. The number of aromatic nitrogens is 1. The topological polar surface area (TPSA) is 42.4 Å². The molecule has 0 bridgehead atoms. The summed E-state index contributed by atoms with van der Waals surface area (Å²) in [6.07, 6.45) is 4.70. The molecule has 1 spiro atoms. The summed E-state index contributed by atoms with van der Waals surface area (Å²) >= 11 is 1.94. The Labute approximate surface area is 146 Å². The Morgan fingerprint density at radius 2 is 2.21 bits per heavy atom. The normalized spacial score (nSPS) is 21.5. The fourth-order valence-electron chi connectivity index (χ4n) is 3.46. The zero-order chi connectivity index (χ0) is 16.6. The minimum atomic E-state index is 0.140. The molecular weight excluding hydrogens is 320 g/mol. The molecule has 3 heterocycles. The smallest absolute Gasteiger partial charge is 0.253 e. The fourth-order valence-corrected chi connectivity index (χ4v) is 4.98. The first-order valence-corrected chi connectivity index (χ1v) is 9.19. The number of hydrogen-bond donors (Lipinski definition) is 0. The van der Waals surface area contributed by atoms with Gasteiger partial charge in [0.1, 0.15) is 11.9 Å². The molecule has 0 aliphatic carbocycles. The van der Waals surface area contributed by atoms with Gasteiger partial charge in [0.25, 0.3) is 5.91 Å². The van der Waals surface area contributed by atoms with Gasteiger partial charge in [-0.25, -0.2) is 0 Å². The van der Waals surface area contributed by atoms with Crippen molar-refractivity contribution < 1.29 is 9.53 Å². The van der Waals surface area contributed by atoms with Crippen molar-refractivity contribution in [2.24, 2.45) is 0 Å². The molecule has 1 unspecified atom stereocenters. The molecule has 4 rings (SSSR count). The molecular formula is C19H20N2O2S. The van der Waals surface area contributed by atoms with E-state index < -0.39 is 0 Å². The summed E-state index contributed by atoms with van der Waals surface area (Å²) in [6, 6.07) is 11.7. The average Bonchev–Trinajstić information content (AvgIpc) is 2.98. The highest BCUT2D eigenvalue weighted by molar-refractivity contribution is 8.01. The van der Waals surface area contributed by atoms with Crippen molar-refractivity contribution in [3.05, 3.63) is 59.9 Å². The van der Waals surface area contributed by atoms with Crippen LogP contribution in [0.5, 0.6) is 5.75 Å². The zero-order valence-corrected chi connectivity index (χ0v) is 14.5. The van der Waals surface area contributed by atoms with Gasteiger partial charge in [0.05, 0.1) is 10.9 Å². The van der Waals surface area contributed by atoms with Crippen LogP contribution in [0.25, 0.3) is 0 Å². The standard InChI is InChI=1S/C19H20N2O2S/c1-14-4-2-5-15(8-14)18(22)21-12-19(13-21)9-17(11-24-19)23-16-6-3-7-20-10-16/h2-8,10,17H,9,11-13H2,1H3. The number of likely N-dealkylation sites (tertiary alicyclic amines) is 1. The van der Waals surface area contributed by atoms with E-state index in [1.807, 2.05) is 60.0 Å². The summed E-state index contributed by atoms with van der Waals surface area (Å²) < 4.78 is 6.19. The molecule has 124 valence electrons. The zero-order valence-electron chi connectivity index (χ0n) is 13.6. The Kier molecular flexibility index (Phi) is 3.96. The number of rotatable bonds is 3. The van der Waals surface area contributed by atoms with E-state index in [1.54, 1.807) is 12.4 Å². The third kappa shape index (κ3) is 3.00. The van der Waals surface area contributed by atoms with E-state index >= 15 is 0 Å². The van der Waals surface area contributed by atoms with Crippen molar-refractivity contribution in [1.82, 2.24) is 9.88 Å². The van der Waals surface area contributed by atoms with Crippen LogP contribution in [0.1, 0.15) is 22.3 Å². The highest BCUT2D eigenvalue weighted by Crippen LogP contribution is 2.46. The van der Waals surface area contributed by atoms with Gasteiger partial charge in [-0.3, -0.25) is 9.78 Å². The van der Waals surface area contributed by atoms with Crippen molar-refractivity contribution in [1.29, 1.82) is 0 Å². The second kappa shape index (κ2) is 6.13. The van der Waals surface area contributed by atoms with Crippen LogP contribution in [0.4, 0.5) is 0 Å². The Balaban J connectivity index is 1.34. The van der Waals surface area contributed by atoms with Crippen LogP contribution in [-0.2, 0) is 0 Å². The first-order valence-electron chi connectivity index (χ1n) is 8.20. The van der Waals surface area contributed by atoms with Crippen molar-refractivity contribution in [2.75, 3.05) is 18.8 Å². The van der Waals surface area contributed by atoms with Crippen LogP contribution in [0.2, 0.25) is 0 Å². The summed E-state index contributed by atoms with van der Waals surface area (Å²) in [5, 5.41) is 0. The van der Waals surface area contributed by atoms with Gasteiger partial charge in [-0.1, -0.05) is 17.7 Å². The lowest BCUT2D eigenvalue weighted by Crippen LogP contribution is -2.60. The van der Waals surface area contributed by atoms with E-state index in [4.69, 9.17) is 4.74 Å². The molecule has 0 N–H and O–H groups in total. The Hall–Kier alpha value is -2.01. The molecule has 24 heavy (non-hydrogen) atoms. The van der Waals surface area contributed by atoms with E-state index in [0.29, 0.717) is 0 Å². The maximum Gasteiger partial charge on any atom is 0.253 e. The van der Waals surface area contributed by atoms with Crippen molar-refractivity contribution >= 4 is 17.7 Å². The summed E-state index contributed by atoms with van der Waals surface area (Å²) in [4.78, 5) is 18.6. The first-order chi connectivity index (χ1) is 11.6. The summed E-state index contributed by atoms with van der Waals surface area (Å²) in [5.41, 5.74) is 1.91. The minimum Gasteiger partial charge on any atom is -0.488 e. The molecule has 1 amide bonds. The minimum absolute atomic E-state index is 0.140. The van der Waals surface area contributed by atoms with Gasteiger partial charge < -0.3 is 9.64 Å². The molecule has 2 aromatic rings. The molecule has 1 aromatic carbocycles. The molecule has 0 saturated carbocycles. The maximum atomic E-state index is 12.6. The summed E-state index contributed by atoms with van der Waals surface area (Å²) in [5.74, 6) is 1.94. The number of hydrogen-bond acceptors (Lipinski definition) is 4. The number of pyridine rings is 1. The largest absolute Gasteiger partial charge is 0.488 e. The van der Waals surface area contributed by atoms with Crippen LogP contribution < -0.4 is 4.74 Å². The number of aryl methyl sites for hydroxylation is 1. The lowest BCUT2D eigenvalue weighted by molar-refractivity contribution is 0.0518. The third-order valence-corrected chi connectivity index (χ3v) is 6.20. The number of thioether (sulfide) groups is 1. The van der Waals surface area contributed by atoms with Crippen molar-refractivity contribution in [3.8, 4) is 5.75 Å². The number of carbonyl (C=O) groups excluding carboxylic acids is 1. The molecule has 2 saturated heterocycles. The summed E-state index contributed by atoms with van der Waals surface area (Å²) in [6.45, 7) is 3.65. The highest BCUT2D eigenvalue weighted by Gasteiger charge is 2.51. The predicted molar refractivity (Wildman–Crippen MR) is 95.5 cm³/mol. The van der Waals surface area contributed by atoms with Gasteiger partial charge in [-0.2, -0.15) is 0 Å². The average molecular weight is 340 g/mol. The van der Waals surface area contributed by atoms with Crippen LogP contribution in [0, 0.1) is 6.92 Å². The van der Waals surface area contributed by atoms with E-state index in [-0.39, 0.29) is 16.8 Å². The van der Waals surface area contributed by atoms with Gasteiger partial charge in [0, 0.05) is 37.0 Å². The highest BCUT2D eigenvalue weighted by atomic mass is 32.2. The first kappa shape index (κ1) is 15.5. The van der Waals surface area contributed by atoms with Gasteiger partial charge in [0.2, 0.25) is 0 Å².